The fourth-order valence-electron chi connectivity index (χ4n) is 4.52. The summed E-state index contributed by atoms with van der Waals surface area (Å²) in [5.41, 5.74) is 1.42. The molecule has 0 spiro atoms. The van der Waals surface area contributed by atoms with Crippen molar-refractivity contribution < 1.29 is 19.1 Å². The van der Waals surface area contributed by atoms with Gasteiger partial charge in [0.2, 0.25) is 5.91 Å². The van der Waals surface area contributed by atoms with Crippen molar-refractivity contribution in [1.29, 1.82) is 0 Å². The molecule has 0 bridgehead atoms. The minimum Gasteiger partial charge on any atom is -0.497 e. The fraction of sp³-hybridized carbons (Fsp3) is 0.448. The number of rotatable bonds is 13. The van der Waals surface area contributed by atoms with Crippen LogP contribution in [0.25, 0.3) is 6.08 Å². The molecular weight excluding hydrogens is 539 g/mol. The summed E-state index contributed by atoms with van der Waals surface area (Å²) in [5.74, 6) is 1.51. The van der Waals surface area contributed by atoms with Crippen LogP contribution < -0.4 is 25.4 Å². The van der Waals surface area contributed by atoms with Crippen molar-refractivity contribution in [2.24, 2.45) is 5.92 Å². The smallest absolute Gasteiger partial charge is 0.319 e. The van der Waals surface area contributed by atoms with Crippen LogP contribution in [0.3, 0.4) is 0 Å². The summed E-state index contributed by atoms with van der Waals surface area (Å²) in [5, 5.41) is 9.74. The highest BCUT2D eigenvalue weighted by molar-refractivity contribution is 6.42. The van der Waals surface area contributed by atoms with Crippen LogP contribution in [0.2, 0.25) is 10.0 Å². The first-order valence-electron chi connectivity index (χ1n) is 13.3. The highest BCUT2D eigenvalue weighted by Gasteiger charge is 2.20. The summed E-state index contributed by atoms with van der Waals surface area (Å²) in [6.45, 7) is 4.36. The largest absolute Gasteiger partial charge is 0.497 e. The number of hydrogen-bond acceptors (Lipinski definition) is 5. The third kappa shape index (κ3) is 10.6. The molecule has 1 unspecified atom stereocenters. The monoisotopic (exact) mass is 576 g/mol. The van der Waals surface area contributed by atoms with Gasteiger partial charge in [-0.05, 0) is 80.6 Å². The molecule has 8 nitrogen and oxygen atoms in total. The van der Waals surface area contributed by atoms with Gasteiger partial charge in [0, 0.05) is 31.8 Å². The predicted octanol–water partition coefficient (Wildman–Crippen LogP) is 5.84. The molecule has 39 heavy (non-hydrogen) atoms. The van der Waals surface area contributed by atoms with Crippen LogP contribution in [0.15, 0.2) is 42.5 Å². The van der Waals surface area contributed by atoms with Crippen molar-refractivity contribution in [2.75, 3.05) is 52.3 Å². The maximum absolute atomic E-state index is 12.5. The van der Waals surface area contributed by atoms with Gasteiger partial charge in [-0.25, -0.2) is 4.79 Å². The van der Waals surface area contributed by atoms with E-state index >= 15 is 0 Å². The Bertz CT molecular complexity index is 1130. The first-order valence-corrected chi connectivity index (χ1v) is 14.0. The minimum atomic E-state index is -0.246. The number of carbonyl (C=O) groups excluding carboxylic acids is 2. The lowest BCUT2D eigenvalue weighted by Gasteiger charge is -2.32. The van der Waals surface area contributed by atoms with Crippen molar-refractivity contribution in [2.45, 2.75) is 32.1 Å². The average Bonchev–Trinajstić information content (AvgIpc) is 2.94. The Labute approximate surface area is 241 Å². The zero-order valence-corrected chi connectivity index (χ0v) is 24.1. The molecule has 3 amide bonds. The number of halogens is 2. The maximum Gasteiger partial charge on any atom is 0.319 e. The van der Waals surface area contributed by atoms with E-state index < -0.39 is 0 Å². The molecule has 2 aromatic carbocycles. The van der Waals surface area contributed by atoms with E-state index in [2.05, 4.69) is 20.9 Å². The van der Waals surface area contributed by atoms with Gasteiger partial charge in [-0.3, -0.25) is 4.79 Å². The molecule has 0 saturated carbocycles. The second-order valence-electron chi connectivity index (χ2n) is 9.57. The van der Waals surface area contributed by atoms with Crippen molar-refractivity contribution in [3.8, 4) is 11.5 Å². The van der Waals surface area contributed by atoms with Gasteiger partial charge in [-0.1, -0.05) is 35.7 Å². The van der Waals surface area contributed by atoms with Gasteiger partial charge < -0.3 is 30.3 Å². The van der Waals surface area contributed by atoms with Crippen LogP contribution in [0.5, 0.6) is 11.5 Å². The number of anilines is 1. The molecule has 1 atom stereocenters. The van der Waals surface area contributed by atoms with E-state index in [4.69, 9.17) is 32.7 Å². The van der Waals surface area contributed by atoms with Gasteiger partial charge in [0.15, 0.2) is 0 Å². The first-order chi connectivity index (χ1) is 18.9. The second kappa shape index (κ2) is 16.2. The number of carbonyl (C=O) groups is 2. The van der Waals surface area contributed by atoms with E-state index in [1.807, 2.05) is 6.07 Å². The Morgan fingerprint density at radius 2 is 1.87 bits per heavy atom. The van der Waals surface area contributed by atoms with E-state index in [0.29, 0.717) is 46.2 Å². The standard InChI is InChI=1S/C29H38Cl2N4O4/c1-38-23-10-12-26(27(18-23)39-2)34-29(37)33-19-22-7-6-16-35(20-22)15-5-3-4-14-32-28(36)13-9-21-8-11-24(30)25(31)17-21/h8-13,17-18,22H,3-7,14-16,19-20H2,1-2H3,(H,32,36)(H2,33,34,37)/b13-9+. The molecule has 0 aromatic heterocycles. The molecule has 1 fully saturated rings. The number of urea groups is 1. The van der Waals surface area contributed by atoms with Crippen LogP contribution in [0.1, 0.15) is 37.7 Å². The fourth-order valence-corrected chi connectivity index (χ4v) is 4.83. The Balaban J connectivity index is 1.27. The summed E-state index contributed by atoms with van der Waals surface area (Å²) >= 11 is 11.9. The molecular formula is C29H38Cl2N4O4. The summed E-state index contributed by atoms with van der Waals surface area (Å²) < 4.78 is 10.5. The number of hydrogen-bond donors (Lipinski definition) is 3. The van der Waals surface area contributed by atoms with Crippen LogP contribution in [0.4, 0.5) is 10.5 Å². The minimum absolute atomic E-state index is 0.123. The topological polar surface area (TPSA) is 91.9 Å². The molecule has 1 aliphatic rings. The quantitative estimate of drug-likeness (QED) is 0.206. The molecule has 2 aromatic rings. The van der Waals surface area contributed by atoms with Crippen molar-refractivity contribution in [1.82, 2.24) is 15.5 Å². The van der Waals surface area contributed by atoms with Gasteiger partial charge in [0.1, 0.15) is 11.5 Å². The zero-order chi connectivity index (χ0) is 28.0. The molecule has 1 aliphatic heterocycles. The van der Waals surface area contributed by atoms with Gasteiger partial charge in [-0.15, -0.1) is 0 Å². The lowest BCUT2D eigenvalue weighted by atomic mass is 9.97. The molecule has 0 radical (unpaired) electrons. The predicted molar refractivity (Wildman–Crippen MR) is 158 cm³/mol. The van der Waals surface area contributed by atoms with Crippen molar-refractivity contribution in [3.63, 3.8) is 0 Å². The summed E-state index contributed by atoms with van der Waals surface area (Å²) in [7, 11) is 3.15. The van der Waals surface area contributed by atoms with Gasteiger partial charge in [-0.2, -0.15) is 0 Å². The summed E-state index contributed by atoms with van der Waals surface area (Å²) in [6, 6.07) is 10.3. The third-order valence-electron chi connectivity index (χ3n) is 6.63. The van der Waals surface area contributed by atoms with Crippen molar-refractivity contribution >= 4 is 46.9 Å². The number of likely N-dealkylation sites (tertiary alicyclic amines) is 1. The van der Waals surface area contributed by atoms with E-state index in [9.17, 15) is 9.59 Å². The Morgan fingerprint density at radius 1 is 1.03 bits per heavy atom. The SMILES string of the molecule is COc1ccc(NC(=O)NCC2CCCN(CCCCCNC(=O)/C=C/c3ccc(Cl)c(Cl)c3)C2)c(OC)c1. The van der Waals surface area contributed by atoms with E-state index in [1.165, 1.54) is 6.08 Å². The Hall–Kier alpha value is -2.94. The number of unbranched alkanes of at least 4 members (excludes halogenated alkanes) is 2. The van der Waals surface area contributed by atoms with E-state index in [0.717, 1.165) is 57.3 Å². The van der Waals surface area contributed by atoms with Gasteiger partial charge in [0.05, 0.1) is 30.0 Å². The van der Waals surface area contributed by atoms with Crippen LogP contribution in [0, 0.1) is 5.92 Å². The third-order valence-corrected chi connectivity index (χ3v) is 7.37. The summed E-state index contributed by atoms with van der Waals surface area (Å²) in [4.78, 5) is 27.0. The van der Waals surface area contributed by atoms with E-state index in [1.54, 1.807) is 50.6 Å². The lowest BCUT2D eigenvalue weighted by Crippen LogP contribution is -2.42. The van der Waals surface area contributed by atoms with Gasteiger partial charge >= 0.3 is 6.03 Å². The van der Waals surface area contributed by atoms with Gasteiger partial charge in [0.25, 0.3) is 0 Å². The molecule has 3 N–H and O–H groups in total. The van der Waals surface area contributed by atoms with Crippen LogP contribution in [-0.4, -0.2) is 63.8 Å². The first kappa shape index (κ1) is 30.6. The number of piperidine rings is 1. The number of amides is 3. The molecule has 212 valence electrons. The number of ether oxygens (including phenoxy) is 2. The summed E-state index contributed by atoms with van der Waals surface area (Å²) in [6.07, 6.45) is 8.51. The Kier molecular flexibility index (Phi) is 12.7. The molecule has 0 aliphatic carbocycles. The molecule has 1 heterocycles. The lowest BCUT2D eigenvalue weighted by molar-refractivity contribution is -0.116. The zero-order valence-electron chi connectivity index (χ0n) is 22.6. The normalized spacial score (nSPS) is 15.6. The average molecular weight is 578 g/mol. The van der Waals surface area contributed by atoms with Crippen LogP contribution >= 0.6 is 23.2 Å². The van der Waals surface area contributed by atoms with Crippen LogP contribution in [-0.2, 0) is 4.79 Å². The number of nitrogens with one attached hydrogen (secondary N) is 3. The number of nitrogens with zero attached hydrogens (tertiary/aromatic N) is 1. The second-order valence-corrected chi connectivity index (χ2v) is 10.4. The highest BCUT2D eigenvalue weighted by Crippen LogP contribution is 2.29. The molecule has 3 rings (SSSR count). The van der Waals surface area contributed by atoms with E-state index in [-0.39, 0.29) is 11.9 Å². The maximum atomic E-state index is 12.5. The van der Waals surface area contributed by atoms with Crippen molar-refractivity contribution in [3.05, 3.63) is 58.1 Å². The number of methoxy groups -OCH3 is 2. The number of benzene rings is 2. The Morgan fingerprint density at radius 3 is 2.64 bits per heavy atom. The molecule has 10 heteroatoms. The highest BCUT2D eigenvalue weighted by atomic mass is 35.5. The molecule has 1 saturated heterocycles.